The lowest BCUT2D eigenvalue weighted by molar-refractivity contribution is -0.122. The number of nitrogens with one attached hydrogen (secondary N) is 1. The van der Waals surface area contributed by atoms with Crippen molar-refractivity contribution in [3.8, 4) is 0 Å². The van der Waals surface area contributed by atoms with Gasteiger partial charge < -0.3 is 11.1 Å². The van der Waals surface area contributed by atoms with Crippen LogP contribution in [0.4, 0.5) is 0 Å². The van der Waals surface area contributed by atoms with Crippen molar-refractivity contribution in [1.82, 2.24) is 10.3 Å². The molecule has 1 unspecified atom stereocenters. The zero-order valence-corrected chi connectivity index (χ0v) is 11.8. The zero-order chi connectivity index (χ0) is 10.7. The average molecular weight is 286 g/mol. The standard InChI is InChI=1S/C9H15N3OS.2ClH/c1-5(10)9(13)11-6(2)8-4-14-7(3)12-8;;/h4-6H,10H2,1-3H3,(H,11,13);2*1H/t5-,6?;;/m1../s1. The molecule has 0 aliphatic rings. The van der Waals surface area contributed by atoms with Crippen LogP contribution in [-0.2, 0) is 4.79 Å². The molecule has 0 bridgehead atoms. The maximum Gasteiger partial charge on any atom is 0.237 e. The largest absolute Gasteiger partial charge is 0.347 e. The van der Waals surface area contributed by atoms with Crippen LogP contribution < -0.4 is 11.1 Å². The van der Waals surface area contributed by atoms with Crippen molar-refractivity contribution >= 4 is 42.1 Å². The molecule has 0 fully saturated rings. The maximum atomic E-state index is 11.3. The highest BCUT2D eigenvalue weighted by molar-refractivity contribution is 7.09. The third-order valence-corrected chi connectivity index (χ3v) is 2.64. The molecule has 16 heavy (non-hydrogen) atoms. The zero-order valence-electron chi connectivity index (χ0n) is 9.39. The minimum absolute atomic E-state index is 0. The Morgan fingerprint density at radius 2 is 2.06 bits per heavy atom. The molecule has 0 aliphatic carbocycles. The summed E-state index contributed by atoms with van der Waals surface area (Å²) in [5.74, 6) is -0.150. The predicted molar refractivity (Wildman–Crippen MR) is 71.6 cm³/mol. The predicted octanol–water partition coefficient (Wildman–Crippen LogP) is 1.82. The minimum atomic E-state index is -0.475. The number of aromatic nitrogens is 1. The van der Waals surface area contributed by atoms with Crippen LogP contribution >= 0.6 is 36.2 Å². The fraction of sp³-hybridized carbons (Fsp3) is 0.556. The summed E-state index contributed by atoms with van der Waals surface area (Å²) in [5.41, 5.74) is 6.33. The van der Waals surface area contributed by atoms with E-state index in [1.54, 1.807) is 18.3 Å². The van der Waals surface area contributed by atoms with Crippen molar-refractivity contribution in [2.75, 3.05) is 0 Å². The van der Waals surface area contributed by atoms with Gasteiger partial charge in [-0.05, 0) is 20.8 Å². The van der Waals surface area contributed by atoms with Gasteiger partial charge in [-0.2, -0.15) is 0 Å². The van der Waals surface area contributed by atoms with E-state index in [1.807, 2.05) is 19.2 Å². The lowest BCUT2D eigenvalue weighted by Gasteiger charge is -2.13. The first-order chi connectivity index (χ1) is 6.50. The molecule has 1 rings (SSSR count). The summed E-state index contributed by atoms with van der Waals surface area (Å²) in [6.07, 6.45) is 0. The van der Waals surface area contributed by atoms with Crippen molar-refractivity contribution < 1.29 is 4.79 Å². The smallest absolute Gasteiger partial charge is 0.237 e. The van der Waals surface area contributed by atoms with Gasteiger partial charge in [-0.1, -0.05) is 0 Å². The molecule has 94 valence electrons. The molecule has 1 heterocycles. The number of nitrogens with two attached hydrogens (primary N) is 1. The summed E-state index contributed by atoms with van der Waals surface area (Å²) < 4.78 is 0. The number of nitrogens with zero attached hydrogens (tertiary/aromatic N) is 1. The molecule has 0 aromatic carbocycles. The van der Waals surface area contributed by atoms with E-state index < -0.39 is 6.04 Å². The molecular formula is C9H17Cl2N3OS. The van der Waals surface area contributed by atoms with Gasteiger partial charge >= 0.3 is 0 Å². The molecule has 7 heteroatoms. The molecule has 1 aromatic heterocycles. The van der Waals surface area contributed by atoms with Crippen LogP contribution in [0.2, 0.25) is 0 Å². The Bertz CT molecular complexity index is 330. The van der Waals surface area contributed by atoms with Crippen molar-refractivity contribution in [1.29, 1.82) is 0 Å². The molecule has 0 radical (unpaired) electrons. The Balaban J connectivity index is 0. The second-order valence-corrected chi connectivity index (χ2v) is 4.37. The second kappa shape index (κ2) is 7.84. The molecular weight excluding hydrogens is 269 g/mol. The van der Waals surface area contributed by atoms with E-state index in [1.165, 1.54) is 0 Å². The lowest BCUT2D eigenvalue weighted by atomic mass is 10.2. The topological polar surface area (TPSA) is 68.0 Å². The summed E-state index contributed by atoms with van der Waals surface area (Å²) in [6, 6.07) is -0.546. The minimum Gasteiger partial charge on any atom is -0.347 e. The van der Waals surface area contributed by atoms with Crippen LogP contribution in [0.3, 0.4) is 0 Å². The first-order valence-corrected chi connectivity index (χ1v) is 5.36. The van der Waals surface area contributed by atoms with E-state index >= 15 is 0 Å². The van der Waals surface area contributed by atoms with Gasteiger partial charge in [-0.15, -0.1) is 36.2 Å². The number of hydrogen-bond acceptors (Lipinski definition) is 4. The monoisotopic (exact) mass is 285 g/mol. The highest BCUT2D eigenvalue weighted by Gasteiger charge is 2.14. The Labute approximate surface area is 112 Å². The summed E-state index contributed by atoms with van der Waals surface area (Å²) in [5, 5.41) is 5.74. The van der Waals surface area contributed by atoms with Crippen molar-refractivity contribution in [3.63, 3.8) is 0 Å². The molecule has 0 spiro atoms. The van der Waals surface area contributed by atoms with E-state index in [9.17, 15) is 4.79 Å². The summed E-state index contributed by atoms with van der Waals surface area (Å²) in [4.78, 5) is 15.6. The van der Waals surface area contributed by atoms with Crippen LogP contribution in [0.5, 0.6) is 0 Å². The van der Waals surface area contributed by atoms with Gasteiger partial charge in [0.1, 0.15) is 0 Å². The van der Waals surface area contributed by atoms with Gasteiger partial charge in [0.15, 0.2) is 0 Å². The number of carbonyl (C=O) groups excluding carboxylic acids is 1. The van der Waals surface area contributed by atoms with E-state index in [-0.39, 0.29) is 36.8 Å². The van der Waals surface area contributed by atoms with Gasteiger partial charge in [0.2, 0.25) is 5.91 Å². The van der Waals surface area contributed by atoms with Crippen LogP contribution in [0.25, 0.3) is 0 Å². The van der Waals surface area contributed by atoms with Gasteiger partial charge in [0.25, 0.3) is 0 Å². The Kier molecular flexibility index (Phi) is 8.83. The molecule has 3 N–H and O–H groups in total. The van der Waals surface area contributed by atoms with Crippen molar-refractivity contribution in [2.45, 2.75) is 32.9 Å². The third kappa shape index (κ3) is 5.12. The Hall–Kier alpha value is -0.360. The van der Waals surface area contributed by atoms with Crippen LogP contribution in [-0.4, -0.2) is 16.9 Å². The first-order valence-electron chi connectivity index (χ1n) is 4.48. The highest BCUT2D eigenvalue weighted by Crippen LogP contribution is 2.15. The van der Waals surface area contributed by atoms with Gasteiger partial charge in [0.05, 0.1) is 22.8 Å². The second-order valence-electron chi connectivity index (χ2n) is 3.31. The molecule has 1 amide bonds. The summed E-state index contributed by atoms with van der Waals surface area (Å²) in [6.45, 7) is 5.50. The van der Waals surface area contributed by atoms with Crippen molar-refractivity contribution in [3.05, 3.63) is 16.1 Å². The van der Waals surface area contributed by atoms with Crippen LogP contribution in [0.1, 0.15) is 30.6 Å². The SMILES string of the molecule is Cc1nc(C(C)NC(=O)[C@@H](C)N)cs1.Cl.Cl. The normalized spacial score (nSPS) is 13.0. The summed E-state index contributed by atoms with van der Waals surface area (Å²) >= 11 is 1.57. The number of hydrogen-bond donors (Lipinski definition) is 2. The van der Waals surface area contributed by atoms with E-state index in [4.69, 9.17) is 5.73 Å². The number of rotatable bonds is 3. The third-order valence-electron chi connectivity index (χ3n) is 1.85. The molecule has 0 saturated carbocycles. The number of thiazole rings is 1. The van der Waals surface area contributed by atoms with E-state index in [0.717, 1.165) is 10.7 Å². The van der Waals surface area contributed by atoms with Crippen LogP contribution in [0.15, 0.2) is 5.38 Å². The molecule has 0 aliphatic heterocycles. The maximum absolute atomic E-state index is 11.3. The van der Waals surface area contributed by atoms with Crippen LogP contribution in [0, 0.1) is 6.92 Å². The fourth-order valence-corrected chi connectivity index (χ4v) is 1.70. The fourth-order valence-electron chi connectivity index (χ4n) is 0.998. The first kappa shape index (κ1) is 18.0. The van der Waals surface area contributed by atoms with E-state index in [2.05, 4.69) is 10.3 Å². The highest BCUT2D eigenvalue weighted by atomic mass is 35.5. The Morgan fingerprint density at radius 3 is 2.44 bits per heavy atom. The van der Waals surface area contributed by atoms with E-state index in [0.29, 0.717) is 0 Å². The average Bonchev–Trinajstić information content (AvgIpc) is 2.51. The molecule has 0 saturated heterocycles. The summed E-state index contributed by atoms with van der Waals surface area (Å²) in [7, 11) is 0. The lowest BCUT2D eigenvalue weighted by Crippen LogP contribution is -2.39. The van der Waals surface area contributed by atoms with Gasteiger partial charge in [-0.3, -0.25) is 4.79 Å². The number of carbonyl (C=O) groups is 1. The number of aryl methyl sites for hydroxylation is 1. The number of amides is 1. The van der Waals surface area contributed by atoms with Gasteiger partial charge in [-0.25, -0.2) is 4.98 Å². The Morgan fingerprint density at radius 1 is 1.50 bits per heavy atom. The quantitative estimate of drug-likeness (QED) is 0.890. The molecule has 1 aromatic rings. The molecule has 4 nitrogen and oxygen atoms in total. The number of halogens is 2. The van der Waals surface area contributed by atoms with Gasteiger partial charge in [0, 0.05) is 5.38 Å². The molecule has 2 atom stereocenters. The van der Waals surface area contributed by atoms with Crippen molar-refractivity contribution in [2.24, 2.45) is 5.73 Å².